The summed E-state index contributed by atoms with van der Waals surface area (Å²) in [7, 11) is 1.60. The summed E-state index contributed by atoms with van der Waals surface area (Å²) in [5, 5.41) is 13.8. The van der Waals surface area contributed by atoms with Crippen LogP contribution in [-0.2, 0) is 7.05 Å². The number of benzene rings is 2. The summed E-state index contributed by atoms with van der Waals surface area (Å²) in [5.41, 5.74) is 2.15. The summed E-state index contributed by atoms with van der Waals surface area (Å²) in [5.74, 6) is -0.147. The zero-order valence-corrected chi connectivity index (χ0v) is 14.2. The van der Waals surface area contributed by atoms with E-state index >= 15 is 0 Å². The minimum absolute atomic E-state index is 0.0338. The first-order valence-electron chi connectivity index (χ1n) is 7.75. The molecule has 0 saturated carbocycles. The molecule has 0 aliphatic rings. The van der Waals surface area contributed by atoms with Crippen LogP contribution < -0.4 is 10.1 Å². The Balaban J connectivity index is 1.72. The van der Waals surface area contributed by atoms with Crippen LogP contribution in [0.5, 0.6) is 11.6 Å². The summed E-state index contributed by atoms with van der Waals surface area (Å²) in [6.07, 6.45) is 1.31. The van der Waals surface area contributed by atoms with Crippen molar-refractivity contribution in [1.82, 2.24) is 9.55 Å². The van der Waals surface area contributed by atoms with Gasteiger partial charge in [0.2, 0.25) is 6.33 Å². The Kier molecular flexibility index (Phi) is 4.66. The molecule has 0 unspecified atom stereocenters. The molecule has 0 fully saturated rings. The molecule has 0 aliphatic heterocycles. The van der Waals surface area contributed by atoms with Gasteiger partial charge in [-0.05, 0) is 53.2 Å². The van der Waals surface area contributed by atoms with Crippen LogP contribution in [0.1, 0.15) is 15.9 Å². The lowest BCUT2D eigenvalue weighted by molar-refractivity contribution is -0.390. The Hall–Kier alpha value is -3.68. The fourth-order valence-electron chi connectivity index (χ4n) is 2.36. The molecule has 3 rings (SSSR count). The number of hydrogen-bond donors (Lipinski definition) is 1. The molecule has 1 heterocycles. The van der Waals surface area contributed by atoms with Crippen molar-refractivity contribution in [2.75, 3.05) is 5.32 Å². The normalized spacial score (nSPS) is 10.4. The van der Waals surface area contributed by atoms with Gasteiger partial charge < -0.3 is 20.2 Å². The number of aromatic nitrogens is 2. The SMILES string of the molecule is Cc1cccc(C(=O)Nc2ccc(Oc3c([N+](=O)[O-])ncn3C)cc2)c1. The van der Waals surface area contributed by atoms with Crippen LogP contribution in [0.15, 0.2) is 54.9 Å². The van der Waals surface area contributed by atoms with Gasteiger partial charge in [-0.1, -0.05) is 17.7 Å². The minimum atomic E-state index is -0.605. The Labute approximate surface area is 149 Å². The highest BCUT2D eigenvalue weighted by Gasteiger charge is 2.22. The van der Waals surface area contributed by atoms with Gasteiger partial charge in [-0.3, -0.25) is 9.36 Å². The Morgan fingerprint density at radius 3 is 2.62 bits per heavy atom. The predicted octanol–water partition coefficient (Wildman–Crippen LogP) is 3.68. The Morgan fingerprint density at radius 1 is 1.23 bits per heavy atom. The molecule has 0 atom stereocenters. The van der Waals surface area contributed by atoms with Gasteiger partial charge in [0, 0.05) is 18.3 Å². The van der Waals surface area contributed by atoms with E-state index in [2.05, 4.69) is 10.3 Å². The zero-order valence-electron chi connectivity index (χ0n) is 14.2. The summed E-state index contributed by atoms with van der Waals surface area (Å²) < 4.78 is 6.97. The van der Waals surface area contributed by atoms with Crippen molar-refractivity contribution in [3.05, 3.63) is 76.1 Å². The number of anilines is 1. The van der Waals surface area contributed by atoms with Gasteiger partial charge in [-0.2, -0.15) is 0 Å². The van der Waals surface area contributed by atoms with Crippen LogP contribution in [0.2, 0.25) is 0 Å². The van der Waals surface area contributed by atoms with Crippen molar-refractivity contribution in [1.29, 1.82) is 0 Å². The van der Waals surface area contributed by atoms with Crippen molar-refractivity contribution in [2.45, 2.75) is 6.92 Å². The summed E-state index contributed by atoms with van der Waals surface area (Å²) >= 11 is 0. The maximum Gasteiger partial charge on any atom is 0.427 e. The van der Waals surface area contributed by atoms with Gasteiger partial charge in [0.1, 0.15) is 5.75 Å². The maximum absolute atomic E-state index is 12.2. The third kappa shape index (κ3) is 3.69. The number of nitrogens with zero attached hydrogens (tertiary/aromatic N) is 3. The Bertz CT molecular complexity index is 964. The molecule has 3 aromatic rings. The maximum atomic E-state index is 12.2. The molecule has 0 spiro atoms. The molecule has 8 nitrogen and oxygen atoms in total. The monoisotopic (exact) mass is 352 g/mol. The number of rotatable bonds is 5. The van der Waals surface area contributed by atoms with Crippen molar-refractivity contribution in [2.24, 2.45) is 7.05 Å². The highest BCUT2D eigenvalue weighted by Crippen LogP contribution is 2.30. The topological polar surface area (TPSA) is 99.3 Å². The number of nitro groups is 1. The van der Waals surface area contributed by atoms with Crippen LogP contribution in [0.4, 0.5) is 11.5 Å². The number of carbonyl (C=O) groups excluding carboxylic acids is 1. The number of aryl methyl sites for hydroxylation is 2. The minimum Gasteiger partial charge on any atom is -0.434 e. The molecule has 0 bridgehead atoms. The molecule has 0 radical (unpaired) electrons. The molecule has 1 N–H and O–H groups in total. The number of nitrogens with one attached hydrogen (secondary N) is 1. The van der Waals surface area contributed by atoms with Crippen LogP contribution in [-0.4, -0.2) is 20.4 Å². The van der Waals surface area contributed by atoms with Crippen LogP contribution >= 0.6 is 0 Å². The predicted molar refractivity (Wildman–Crippen MR) is 95.5 cm³/mol. The fraction of sp³-hybridized carbons (Fsp3) is 0.111. The van der Waals surface area contributed by atoms with E-state index in [9.17, 15) is 14.9 Å². The number of ether oxygens (including phenoxy) is 1. The number of amides is 1. The molecule has 26 heavy (non-hydrogen) atoms. The van der Waals surface area contributed by atoms with E-state index in [-0.39, 0.29) is 17.6 Å². The molecule has 0 saturated heterocycles. The van der Waals surface area contributed by atoms with Crippen molar-refractivity contribution in [3.8, 4) is 11.6 Å². The molecular formula is C18H16N4O4. The van der Waals surface area contributed by atoms with E-state index in [4.69, 9.17) is 4.74 Å². The highest BCUT2D eigenvalue weighted by atomic mass is 16.6. The summed E-state index contributed by atoms with van der Waals surface area (Å²) in [6.45, 7) is 1.92. The quantitative estimate of drug-likeness (QED) is 0.558. The van der Waals surface area contributed by atoms with Crippen molar-refractivity contribution >= 4 is 17.4 Å². The van der Waals surface area contributed by atoms with Crippen LogP contribution in [0.25, 0.3) is 0 Å². The molecule has 0 aliphatic carbocycles. The van der Waals surface area contributed by atoms with E-state index in [0.29, 0.717) is 17.0 Å². The third-order valence-electron chi connectivity index (χ3n) is 3.64. The van der Waals surface area contributed by atoms with Gasteiger partial charge in [0.15, 0.2) is 0 Å². The van der Waals surface area contributed by atoms with E-state index < -0.39 is 4.92 Å². The van der Waals surface area contributed by atoms with E-state index in [0.717, 1.165) is 5.56 Å². The lowest BCUT2D eigenvalue weighted by Crippen LogP contribution is -2.11. The first-order chi connectivity index (χ1) is 12.4. The molecular weight excluding hydrogens is 336 g/mol. The molecule has 132 valence electrons. The second kappa shape index (κ2) is 7.06. The van der Waals surface area contributed by atoms with Crippen LogP contribution in [0.3, 0.4) is 0 Å². The third-order valence-corrected chi connectivity index (χ3v) is 3.64. The lowest BCUT2D eigenvalue weighted by Gasteiger charge is -2.08. The second-order valence-electron chi connectivity index (χ2n) is 5.69. The van der Waals surface area contributed by atoms with Gasteiger partial charge in [-0.15, -0.1) is 0 Å². The summed E-state index contributed by atoms with van der Waals surface area (Å²) in [6, 6.07) is 13.8. The first kappa shape index (κ1) is 17.2. The van der Waals surface area contributed by atoms with Crippen molar-refractivity contribution < 1.29 is 14.5 Å². The molecule has 8 heteroatoms. The van der Waals surface area contributed by atoms with Gasteiger partial charge in [-0.25, -0.2) is 0 Å². The van der Waals surface area contributed by atoms with Gasteiger partial charge in [0.05, 0.1) is 0 Å². The van der Waals surface area contributed by atoms with E-state index in [1.54, 1.807) is 43.4 Å². The highest BCUT2D eigenvalue weighted by molar-refractivity contribution is 6.04. The smallest absolute Gasteiger partial charge is 0.427 e. The van der Waals surface area contributed by atoms with Gasteiger partial charge >= 0.3 is 11.7 Å². The fourth-order valence-corrected chi connectivity index (χ4v) is 2.36. The van der Waals surface area contributed by atoms with Gasteiger partial charge in [0.25, 0.3) is 5.91 Å². The largest absolute Gasteiger partial charge is 0.434 e. The van der Waals surface area contributed by atoms with E-state index in [1.165, 1.54) is 10.9 Å². The molecule has 1 amide bonds. The molecule has 2 aromatic carbocycles. The average molecular weight is 352 g/mol. The standard InChI is InChI=1S/C18H16N4O4/c1-12-4-3-5-13(10-12)17(23)20-14-6-8-15(9-7-14)26-18-16(22(24)25)19-11-21(18)2/h3-11H,1-2H3,(H,20,23). The van der Waals surface area contributed by atoms with E-state index in [1.807, 2.05) is 19.1 Å². The number of hydrogen-bond acceptors (Lipinski definition) is 5. The second-order valence-corrected chi connectivity index (χ2v) is 5.69. The van der Waals surface area contributed by atoms with Crippen molar-refractivity contribution in [3.63, 3.8) is 0 Å². The van der Waals surface area contributed by atoms with Crippen LogP contribution in [0, 0.1) is 17.0 Å². The zero-order chi connectivity index (χ0) is 18.7. The Morgan fingerprint density at radius 2 is 1.96 bits per heavy atom. The first-order valence-corrected chi connectivity index (χ1v) is 7.75. The lowest BCUT2D eigenvalue weighted by atomic mass is 10.1. The number of imidazole rings is 1. The summed E-state index contributed by atoms with van der Waals surface area (Å²) in [4.78, 5) is 26.3. The average Bonchev–Trinajstić information content (AvgIpc) is 2.97. The molecule has 1 aromatic heterocycles. The number of carbonyl (C=O) groups is 1.